The number of phenols is 1. The number of nitrogens with one attached hydrogen (secondary N) is 2. The predicted molar refractivity (Wildman–Crippen MR) is 159 cm³/mol. The number of aromatic hydroxyl groups is 1. The van der Waals surface area contributed by atoms with Gasteiger partial charge in [0.2, 0.25) is 0 Å². The monoisotopic (exact) mass is 533 g/mol. The summed E-state index contributed by atoms with van der Waals surface area (Å²) >= 11 is 5.88. The Morgan fingerprint density at radius 1 is 1.03 bits per heavy atom. The molecule has 0 aliphatic carbocycles. The van der Waals surface area contributed by atoms with Crippen molar-refractivity contribution in [1.82, 2.24) is 10.7 Å². The normalized spacial score (nSPS) is 11.7. The van der Waals surface area contributed by atoms with E-state index in [0.29, 0.717) is 18.7 Å². The van der Waals surface area contributed by atoms with Gasteiger partial charge in [0.25, 0.3) is 5.91 Å². The van der Waals surface area contributed by atoms with E-state index >= 15 is 0 Å². The van der Waals surface area contributed by atoms with E-state index in [4.69, 9.17) is 16.3 Å². The van der Waals surface area contributed by atoms with Crippen LogP contribution in [0, 0.1) is 0 Å². The molecule has 0 fully saturated rings. The predicted octanol–water partition coefficient (Wildman–Crippen LogP) is 6.92. The minimum absolute atomic E-state index is 0. The zero-order valence-corrected chi connectivity index (χ0v) is 22.5. The molecular formula is C31H36ClN3O3. The molecule has 0 bridgehead atoms. The van der Waals surface area contributed by atoms with E-state index in [1.807, 2.05) is 36.4 Å². The zero-order valence-electron chi connectivity index (χ0n) is 21.8. The highest BCUT2D eigenvalue weighted by atomic mass is 35.5. The standard InChI is InChI=1S/C31H32ClN3O3.2H2/c1-31(2,3)24-12-8-21(9-13-24)19-33-16-17-38-29-15-11-23(25-6-4-5-7-26(25)29)20-34-35-30(37)22-10-14-28(36)27(32)18-22;;/h4-15,18,20,33,36H,16-17,19H2,1-3H3,(H,35,37);2*1H/b34-20+;;. The first kappa shape index (κ1) is 27.2. The number of rotatable bonds is 9. The van der Waals surface area contributed by atoms with Gasteiger partial charge in [-0.05, 0) is 52.3 Å². The molecule has 0 atom stereocenters. The van der Waals surface area contributed by atoms with Crippen molar-refractivity contribution >= 4 is 34.5 Å². The lowest BCUT2D eigenvalue weighted by molar-refractivity contribution is 0.0955. The second kappa shape index (κ2) is 12.1. The number of carbonyl (C=O) groups is 1. The fraction of sp³-hybridized carbons (Fsp3) is 0.226. The Hall–Kier alpha value is -3.87. The van der Waals surface area contributed by atoms with Crippen LogP contribution in [0.1, 0.15) is 50.7 Å². The maximum absolute atomic E-state index is 12.3. The van der Waals surface area contributed by atoms with E-state index in [-0.39, 0.29) is 19.0 Å². The van der Waals surface area contributed by atoms with E-state index in [1.54, 1.807) is 6.21 Å². The first-order chi connectivity index (χ1) is 18.2. The van der Waals surface area contributed by atoms with Gasteiger partial charge in [-0.1, -0.05) is 80.9 Å². The molecule has 3 N–H and O–H groups in total. The van der Waals surface area contributed by atoms with Crippen molar-refractivity contribution in [2.75, 3.05) is 13.2 Å². The number of carbonyl (C=O) groups excluding carboxylic acids is 1. The molecule has 4 aromatic carbocycles. The third-order valence-corrected chi connectivity index (χ3v) is 6.49. The Balaban J connectivity index is 0.00000280. The Kier molecular flexibility index (Phi) is 8.66. The first-order valence-electron chi connectivity index (χ1n) is 12.5. The summed E-state index contributed by atoms with van der Waals surface area (Å²) in [6.07, 6.45) is 1.60. The number of hydrogen-bond acceptors (Lipinski definition) is 5. The molecule has 0 spiro atoms. The van der Waals surface area contributed by atoms with Crippen molar-refractivity contribution < 1.29 is 17.5 Å². The molecule has 0 unspecified atom stereocenters. The molecule has 0 aliphatic rings. The molecule has 0 heterocycles. The zero-order chi connectivity index (χ0) is 27.1. The van der Waals surface area contributed by atoms with Crippen LogP contribution in [-0.4, -0.2) is 30.4 Å². The number of halogens is 1. The molecule has 4 rings (SSSR count). The summed E-state index contributed by atoms with van der Waals surface area (Å²) in [6.45, 7) is 8.68. The Morgan fingerprint density at radius 2 is 1.76 bits per heavy atom. The van der Waals surface area contributed by atoms with Crippen molar-refractivity contribution in [2.45, 2.75) is 32.7 Å². The molecule has 38 heavy (non-hydrogen) atoms. The molecule has 0 aromatic heterocycles. The van der Waals surface area contributed by atoms with Crippen molar-refractivity contribution in [3.8, 4) is 11.5 Å². The van der Waals surface area contributed by atoms with Crippen LogP contribution in [0.2, 0.25) is 5.02 Å². The third-order valence-electron chi connectivity index (χ3n) is 6.18. The molecule has 4 aromatic rings. The maximum atomic E-state index is 12.3. The average Bonchev–Trinajstić information content (AvgIpc) is 2.90. The lowest BCUT2D eigenvalue weighted by atomic mass is 9.87. The van der Waals surface area contributed by atoms with Crippen molar-refractivity contribution in [3.05, 3.63) is 106 Å². The van der Waals surface area contributed by atoms with Crippen LogP contribution < -0.4 is 15.5 Å². The van der Waals surface area contributed by atoms with Crippen LogP contribution in [0.3, 0.4) is 0 Å². The van der Waals surface area contributed by atoms with Crippen LogP contribution in [-0.2, 0) is 12.0 Å². The number of phenolic OH excluding ortho intramolecular Hbond substituents is 1. The highest BCUT2D eigenvalue weighted by Crippen LogP contribution is 2.28. The van der Waals surface area contributed by atoms with Gasteiger partial charge in [0.1, 0.15) is 18.1 Å². The van der Waals surface area contributed by atoms with Crippen LogP contribution in [0.25, 0.3) is 10.8 Å². The molecule has 200 valence electrons. The van der Waals surface area contributed by atoms with Crippen molar-refractivity contribution in [1.29, 1.82) is 0 Å². The number of benzene rings is 4. The van der Waals surface area contributed by atoms with E-state index < -0.39 is 5.91 Å². The summed E-state index contributed by atoms with van der Waals surface area (Å²) in [5.41, 5.74) is 6.36. The van der Waals surface area contributed by atoms with Gasteiger partial charge in [0, 0.05) is 32.5 Å². The fourth-order valence-electron chi connectivity index (χ4n) is 3.99. The summed E-state index contributed by atoms with van der Waals surface area (Å²) in [7, 11) is 0. The molecule has 0 radical (unpaired) electrons. The van der Waals surface area contributed by atoms with Gasteiger partial charge in [-0.3, -0.25) is 4.79 Å². The van der Waals surface area contributed by atoms with E-state index in [2.05, 4.69) is 60.9 Å². The summed E-state index contributed by atoms with van der Waals surface area (Å²) < 4.78 is 6.09. The average molecular weight is 534 g/mol. The first-order valence-corrected chi connectivity index (χ1v) is 12.9. The smallest absolute Gasteiger partial charge is 0.271 e. The van der Waals surface area contributed by atoms with Gasteiger partial charge in [0.05, 0.1) is 11.2 Å². The highest BCUT2D eigenvalue weighted by Gasteiger charge is 2.13. The van der Waals surface area contributed by atoms with Gasteiger partial charge < -0.3 is 15.2 Å². The minimum atomic E-state index is -0.426. The van der Waals surface area contributed by atoms with Gasteiger partial charge in [-0.25, -0.2) is 5.43 Å². The van der Waals surface area contributed by atoms with E-state index in [1.165, 1.54) is 29.3 Å². The number of hydrogen-bond donors (Lipinski definition) is 3. The van der Waals surface area contributed by atoms with Gasteiger partial charge >= 0.3 is 0 Å². The third kappa shape index (κ3) is 6.91. The maximum Gasteiger partial charge on any atom is 0.271 e. The Labute approximate surface area is 231 Å². The quantitative estimate of drug-likeness (QED) is 0.124. The molecule has 7 heteroatoms. The van der Waals surface area contributed by atoms with Gasteiger partial charge in [0.15, 0.2) is 0 Å². The van der Waals surface area contributed by atoms with Crippen molar-refractivity contribution in [3.63, 3.8) is 0 Å². The van der Waals surface area contributed by atoms with Crippen LogP contribution >= 0.6 is 11.6 Å². The second-order valence-electron chi connectivity index (χ2n) is 10.0. The van der Waals surface area contributed by atoms with Crippen LogP contribution in [0.15, 0.2) is 84.0 Å². The Morgan fingerprint density at radius 3 is 2.47 bits per heavy atom. The number of ether oxygens (including phenoxy) is 1. The number of fused-ring (bicyclic) bond motifs is 1. The summed E-state index contributed by atoms with van der Waals surface area (Å²) in [4.78, 5) is 12.3. The van der Waals surface area contributed by atoms with E-state index in [0.717, 1.165) is 28.6 Å². The van der Waals surface area contributed by atoms with E-state index in [9.17, 15) is 9.90 Å². The highest BCUT2D eigenvalue weighted by molar-refractivity contribution is 6.32. The molecule has 6 nitrogen and oxygen atoms in total. The number of hydrazone groups is 1. The SMILES string of the molecule is CC(C)(C)c1ccc(CNCCOc2ccc(/C=N/NC(=O)c3ccc(O)c(Cl)c3)c3ccccc23)cc1.[HH].[HH]. The Bertz CT molecular complexity index is 1450. The molecule has 0 aliphatic heterocycles. The molecular weight excluding hydrogens is 498 g/mol. The van der Waals surface area contributed by atoms with Crippen LogP contribution in [0.5, 0.6) is 11.5 Å². The summed E-state index contributed by atoms with van der Waals surface area (Å²) in [5.74, 6) is 0.282. The lowest BCUT2D eigenvalue weighted by Gasteiger charge is -2.19. The number of amides is 1. The van der Waals surface area contributed by atoms with Gasteiger partial charge in [-0.2, -0.15) is 5.10 Å². The van der Waals surface area contributed by atoms with Crippen molar-refractivity contribution in [2.24, 2.45) is 5.10 Å². The fourth-order valence-corrected chi connectivity index (χ4v) is 4.18. The minimum Gasteiger partial charge on any atom is -0.506 e. The molecule has 1 amide bonds. The largest absolute Gasteiger partial charge is 0.506 e. The van der Waals surface area contributed by atoms with Gasteiger partial charge in [-0.15, -0.1) is 0 Å². The summed E-state index contributed by atoms with van der Waals surface area (Å²) in [5, 5.41) is 19.1. The second-order valence-corrected chi connectivity index (χ2v) is 10.4. The topological polar surface area (TPSA) is 83.0 Å². The molecule has 0 saturated heterocycles. The lowest BCUT2D eigenvalue weighted by Crippen LogP contribution is -2.21. The van der Waals surface area contributed by atoms with Crippen LogP contribution in [0.4, 0.5) is 0 Å². The summed E-state index contributed by atoms with van der Waals surface area (Å²) in [6, 6.07) is 24.7. The molecule has 0 saturated carbocycles. The number of nitrogens with zero attached hydrogens (tertiary/aromatic N) is 1.